The van der Waals surface area contributed by atoms with Crippen LogP contribution in [0, 0.1) is 11.8 Å². The van der Waals surface area contributed by atoms with Crippen molar-refractivity contribution in [3.8, 4) is 11.8 Å². The first-order valence-corrected chi connectivity index (χ1v) is 11.1. The highest BCUT2D eigenvalue weighted by Crippen LogP contribution is 2.10. The number of hydroxylamine groups is 2. The minimum atomic E-state index is 0.992. The molecule has 0 saturated carbocycles. The van der Waals surface area contributed by atoms with Gasteiger partial charge in [0.15, 0.2) is 0 Å². The molecule has 28 heavy (non-hydrogen) atoms. The summed E-state index contributed by atoms with van der Waals surface area (Å²) in [6.45, 7) is 1.04. The van der Waals surface area contributed by atoms with Crippen molar-refractivity contribution >= 4 is 0 Å². The van der Waals surface area contributed by atoms with Crippen LogP contribution in [0.5, 0.6) is 0 Å². The molecule has 156 valence electrons. The summed E-state index contributed by atoms with van der Waals surface area (Å²) in [6, 6.07) is 4.15. The Kier molecular flexibility index (Phi) is 16.3. The van der Waals surface area contributed by atoms with Gasteiger partial charge >= 0.3 is 0 Å². The summed E-state index contributed by atoms with van der Waals surface area (Å²) < 4.78 is 0. The number of aryl methyl sites for hydroxylation is 1. The van der Waals surface area contributed by atoms with Crippen LogP contribution in [0.4, 0.5) is 0 Å². The number of hydrogen-bond donors (Lipinski definition) is 0. The molecule has 1 heterocycles. The predicted molar refractivity (Wildman–Crippen MR) is 120 cm³/mol. The highest BCUT2D eigenvalue weighted by Gasteiger charge is 1.95. The maximum absolute atomic E-state index is 5.11. The Hall–Kier alpha value is -1.63. The molecule has 0 aliphatic heterocycles. The van der Waals surface area contributed by atoms with Crippen LogP contribution < -0.4 is 0 Å². The molecule has 0 unspecified atom stereocenters. The van der Waals surface area contributed by atoms with E-state index in [1.54, 1.807) is 7.11 Å². The molecule has 1 aromatic rings. The first-order chi connectivity index (χ1) is 13.8. The molecule has 1 aromatic heterocycles. The Morgan fingerprint density at radius 2 is 1.75 bits per heavy atom. The SMILES string of the molecule is CON(C)CCCCCCCCCC/C=C\C#CCCCCc1cccnc1. The van der Waals surface area contributed by atoms with E-state index in [9.17, 15) is 0 Å². The van der Waals surface area contributed by atoms with E-state index in [1.807, 2.05) is 36.6 Å². The van der Waals surface area contributed by atoms with E-state index in [2.05, 4.69) is 29.0 Å². The molecule has 0 saturated heterocycles. The molecule has 1 rings (SSSR count). The number of pyridine rings is 1. The van der Waals surface area contributed by atoms with Gasteiger partial charge in [0, 0.05) is 32.4 Å². The van der Waals surface area contributed by atoms with Gasteiger partial charge < -0.3 is 4.84 Å². The third-order valence-corrected chi connectivity index (χ3v) is 4.95. The lowest BCUT2D eigenvalue weighted by molar-refractivity contribution is -0.109. The van der Waals surface area contributed by atoms with Crippen LogP contribution in [0.2, 0.25) is 0 Å². The standard InChI is InChI=1S/C25H40N2O/c1-27(28-2)23-18-16-14-12-10-8-6-4-3-5-7-9-11-13-15-17-20-25-21-19-22-26-24-25/h5,7,19,21-22,24H,3-4,6,8,10,12-18,20,23H2,1-2H3/b7-5-. The summed E-state index contributed by atoms with van der Waals surface area (Å²) in [7, 11) is 3.72. The molecule has 0 aliphatic rings. The van der Waals surface area contributed by atoms with Crippen molar-refractivity contribution in [1.29, 1.82) is 0 Å². The van der Waals surface area contributed by atoms with Crippen LogP contribution >= 0.6 is 0 Å². The lowest BCUT2D eigenvalue weighted by Gasteiger charge is -2.12. The fourth-order valence-electron chi connectivity index (χ4n) is 3.11. The van der Waals surface area contributed by atoms with Crippen LogP contribution in [-0.4, -0.2) is 30.7 Å². The quantitative estimate of drug-likeness (QED) is 0.188. The number of unbranched alkanes of at least 4 members (excludes halogenated alkanes) is 10. The van der Waals surface area contributed by atoms with Gasteiger partial charge in [0.2, 0.25) is 0 Å². The van der Waals surface area contributed by atoms with E-state index in [1.165, 1.54) is 76.2 Å². The maximum Gasteiger partial charge on any atom is 0.0575 e. The fourth-order valence-corrected chi connectivity index (χ4v) is 3.11. The van der Waals surface area contributed by atoms with Gasteiger partial charge in [-0.2, -0.15) is 5.06 Å². The molecular formula is C25H40N2O. The van der Waals surface area contributed by atoms with Crippen molar-refractivity contribution in [1.82, 2.24) is 10.0 Å². The first kappa shape index (κ1) is 24.4. The molecule has 0 atom stereocenters. The van der Waals surface area contributed by atoms with Crippen molar-refractivity contribution in [3.05, 3.63) is 42.2 Å². The van der Waals surface area contributed by atoms with Gasteiger partial charge in [0.05, 0.1) is 7.11 Å². The Morgan fingerprint density at radius 3 is 2.46 bits per heavy atom. The van der Waals surface area contributed by atoms with E-state index >= 15 is 0 Å². The van der Waals surface area contributed by atoms with Crippen molar-refractivity contribution in [3.63, 3.8) is 0 Å². The Bertz CT molecular complexity index is 545. The summed E-state index contributed by atoms with van der Waals surface area (Å²) in [4.78, 5) is 9.26. The second-order valence-electron chi connectivity index (χ2n) is 7.44. The summed E-state index contributed by atoms with van der Waals surface area (Å²) >= 11 is 0. The lowest BCUT2D eigenvalue weighted by Crippen LogP contribution is -2.17. The molecule has 3 heteroatoms. The lowest BCUT2D eigenvalue weighted by atomic mass is 10.1. The largest absolute Gasteiger partial charge is 0.303 e. The predicted octanol–water partition coefficient (Wildman–Crippen LogP) is 6.36. The van der Waals surface area contributed by atoms with Gasteiger partial charge in [-0.15, -0.1) is 0 Å². The molecule has 0 amide bonds. The average Bonchev–Trinajstić information content (AvgIpc) is 2.73. The summed E-state index contributed by atoms with van der Waals surface area (Å²) in [5, 5.41) is 1.90. The molecule has 3 nitrogen and oxygen atoms in total. The van der Waals surface area contributed by atoms with Crippen LogP contribution in [0.3, 0.4) is 0 Å². The van der Waals surface area contributed by atoms with Crippen molar-refractivity contribution in [2.75, 3.05) is 20.7 Å². The zero-order chi connectivity index (χ0) is 20.1. The maximum atomic E-state index is 5.11. The van der Waals surface area contributed by atoms with Gasteiger partial charge in [-0.1, -0.05) is 62.5 Å². The van der Waals surface area contributed by atoms with Gasteiger partial charge in [-0.3, -0.25) is 4.98 Å². The minimum Gasteiger partial charge on any atom is -0.303 e. The second-order valence-corrected chi connectivity index (χ2v) is 7.44. The van der Waals surface area contributed by atoms with Crippen LogP contribution in [-0.2, 0) is 11.3 Å². The number of hydrogen-bond acceptors (Lipinski definition) is 3. The monoisotopic (exact) mass is 384 g/mol. The topological polar surface area (TPSA) is 25.4 Å². The van der Waals surface area contributed by atoms with Gasteiger partial charge in [0.1, 0.15) is 0 Å². The van der Waals surface area contributed by atoms with E-state index < -0.39 is 0 Å². The highest BCUT2D eigenvalue weighted by atomic mass is 16.7. The normalized spacial score (nSPS) is 11.1. The van der Waals surface area contributed by atoms with Crippen LogP contribution in [0.15, 0.2) is 36.7 Å². The summed E-state index contributed by atoms with van der Waals surface area (Å²) in [5.74, 6) is 6.43. The molecule has 0 spiro atoms. The number of aromatic nitrogens is 1. The molecule has 0 radical (unpaired) electrons. The fraction of sp³-hybridized carbons (Fsp3) is 0.640. The summed E-state index contributed by atoms with van der Waals surface area (Å²) in [5.41, 5.74) is 1.32. The Labute approximate surface area is 173 Å². The van der Waals surface area contributed by atoms with E-state index in [0.29, 0.717) is 0 Å². The third kappa shape index (κ3) is 15.4. The Morgan fingerprint density at radius 1 is 1.00 bits per heavy atom. The molecule has 0 bridgehead atoms. The van der Waals surface area contributed by atoms with Crippen molar-refractivity contribution in [2.24, 2.45) is 0 Å². The van der Waals surface area contributed by atoms with E-state index in [-0.39, 0.29) is 0 Å². The zero-order valence-corrected chi connectivity index (χ0v) is 18.2. The minimum absolute atomic E-state index is 0.992. The van der Waals surface area contributed by atoms with Crippen LogP contribution in [0.1, 0.15) is 82.6 Å². The van der Waals surface area contributed by atoms with Gasteiger partial charge in [-0.25, -0.2) is 0 Å². The summed E-state index contributed by atoms with van der Waals surface area (Å²) in [6.07, 6.45) is 24.3. The van der Waals surface area contributed by atoms with Gasteiger partial charge in [0.25, 0.3) is 0 Å². The molecule has 0 N–H and O–H groups in total. The molecule has 0 aromatic carbocycles. The van der Waals surface area contributed by atoms with Gasteiger partial charge in [-0.05, 0) is 56.2 Å². The number of allylic oxidation sites excluding steroid dienone is 2. The average molecular weight is 385 g/mol. The van der Waals surface area contributed by atoms with Crippen LogP contribution in [0.25, 0.3) is 0 Å². The zero-order valence-electron chi connectivity index (χ0n) is 18.2. The molecular weight excluding hydrogens is 344 g/mol. The second kappa shape index (κ2) is 18.7. The number of rotatable bonds is 16. The van der Waals surface area contributed by atoms with Crippen molar-refractivity contribution < 1.29 is 4.84 Å². The van der Waals surface area contributed by atoms with E-state index in [4.69, 9.17) is 4.84 Å². The highest BCUT2D eigenvalue weighted by molar-refractivity contribution is 5.15. The molecule has 0 fully saturated rings. The third-order valence-electron chi connectivity index (χ3n) is 4.95. The van der Waals surface area contributed by atoms with Crippen molar-refractivity contribution in [2.45, 2.75) is 83.5 Å². The first-order valence-electron chi connectivity index (χ1n) is 11.1. The Balaban J connectivity index is 1.81. The molecule has 0 aliphatic carbocycles. The number of nitrogens with zero attached hydrogens (tertiary/aromatic N) is 2. The van der Waals surface area contributed by atoms with E-state index in [0.717, 1.165) is 19.4 Å². The smallest absolute Gasteiger partial charge is 0.0575 e.